The van der Waals surface area contributed by atoms with Crippen LogP contribution in [0.5, 0.6) is 5.75 Å². The van der Waals surface area contributed by atoms with Gasteiger partial charge in [0.15, 0.2) is 0 Å². The van der Waals surface area contributed by atoms with Gasteiger partial charge in [0.05, 0.1) is 12.2 Å². The molecule has 0 aliphatic carbocycles. The van der Waals surface area contributed by atoms with E-state index in [9.17, 15) is 4.79 Å². The van der Waals surface area contributed by atoms with Crippen molar-refractivity contribution >= 4 is 5.78 Å². The minimum atomic E-state index is -0.129. The van der Waals surface area contributed by atoms with Crippen LogP contribution in [0.25, 0.3) is 0 Å². The fourth-order valence-corrected chi connectivity index (χ4v) is 1.87. The molecule has 4 nitrogen and oxygen atoms in total. The van der Waals surface area contributed by atoms with Crippen LogP contribution in [-0.4, -0.2) is 31.1 Å². The smallest absolute Gasteiger partial charge is 0.215 e. The summed E-state index contributed by atoms with van der Waals surface area (Å²) < 4.78 is 10.5. The normalized spacial score (nSPS) is 10.3. The molecule has 0 aliphatic heterocycles. The molecule has 2 aromatic rings. The molecule has 0 unspecified atom stereocenters. The third kappa shape index (κ3) is 3.22. The Morgan fingerprint density at radius 1 is 1.15 bits per heavy atom. The number of ketones is 1. The van der Waals surface area contributed by atoms with Crippen LogP contribution >= 0.6 is 0 Å². The number of hydrogen-bond donors (Lipinski definition) is 0. The van der Waals surface area contributed by atoms with Gasteiger partial charge in [0, 0.05) is 13.3 Å². The standard InChI is InChI=1S/C16H17NO3/c1-12-6-5-9-17-15(12)16(18)13-7-3-4-8-14(13)20-11-10-19-2/h3-9H,10-11H2,1-2H3. The molecule has 0 saturated carbocycles. The van der Waals surface area contributed by atoms with Gasteiger partial charge in [-0.1, -0.05) is 18.2 Å². The Bertz CT molecular complexity index is 596. The third-order valence-corrected chi connectivity index (χ3v) is 2.90. The van der Waals surface area contributed by atoms with E-state index in [-0.39, 0.29) is 5.78 Å². The molecule has 0 radical (unpaired) electrons. The van der Waals surface area contributed by atoms with Gasteiger partial charge in [-0.05, 0) is 30.7 Å². The van der Waals surface area contributed by atoms with E-state index in [0.29, 0.717) is 30.2 Å². The molecule has 2 rings (SSSR count). The second kappa shape index (κ2) is 6.82. The Hall–Kier alpha value is -2.20. The van der Waals surface area contributed by atoms with Crippen molar-refractivity contribution in [3.8, 4) is 5.75 Å². The molecule has 0 spiro atoms. The van der Waals surface area contributed by atoms with Crippen molar-refractivity contribution in [2.75, 3.05) is 20.3 Å². The average molecular weight is 271 g/mol. The molecule has 0 N–H and O–H groups in total. The van der Waals surface area contributed by atoms with Crippen LogP contribution in [0, 0.1) is 6.92 Å². The number of aryl methyl sites for hydroxylation is 1. The summed E-state index contributed by atoms with van der Waals surface area (Å²) in [6, 6.07) is 10.9. The fourth-order valence-electron chi connectivity index (χ4n) is 1.87. The molecular weight excluding hydrogens is 254 g/mol. The summed E-state index contributed by atoms with van der Waals surface area (Å²) in [5.74, 6) is 0.427. The largest absolute Gasteiger partial charge is 0.490 e. The zero-order valence-electron chi connectivity index (χ0n) is 11.6. The maximum Gasteiger partial charge on any atom is 0.215 e. The lowest BCUT2D eigenvalue weighted by molar-refractivity contribution is 0.102. The van der Waals surface area contributed by atoms with Crippen molar-refractivity contribution in [1.82, 2.24) is 4.98 Å². The first-order valence-corrected chi connectivity index (χ1v) is 6.41. The minimum absolute atomic E-state index is 0.129. The van der Waals surface area contributed by atoms with Crippen molar-refractivity contribution in [2.24, 2.45) is 0 Å². The molecular formula is C16H17NO3. The molecule has 1 aromatic carbocycles. The van der Waals surface area contributed by atoms with Crippen LogP contribution in [-0.2, 0) is 4.74 Å². The molecule has 0 bridgehead atoms. The van der Waals surface area contributed by atoms with Gasteiger partial charge in [0.1, 0.15) is 18.1 Å². The number of para-hydroxylation sites is 1. The number of benzene rings is 1. The maximum absolute atomic E-state index is 12.5. The number of nitrogens with zero attached hydrogens (tertiary/aromatic N) is 1. The van der Waals surface area contributed by atoms with E-state index in [1.165, 1.54) is 0 Å². The molecule has 0 amide bonds. The highest BCUT2D eigenvalue weighted by Gasteiger charge is 2.17. The first-order chi connectivity index (χ1) is 9.74. The lowest BCUT2D eigenvalue weighted by Crippen LogP contribution is -2.11. The van der Waals surface area contributed by atoms with Crippen LogP contribution in [0.4, 0.5) is 0 Å². The van der Waals surface area contributed by atoms with Gasteiger partial charge >= 0.3 is 0 Å². The van der Waals surface area contributed by atoms with E-state index in [1.807, 2.05) is 31.2 Å². The van der Waals surface area contributed by atoms with Crippen LogP contribution in [0.3, 0.4) is 0 Å². The van der Waals surface area contributed by atoms with Crippen LogP contribution < -0.4 is 4.74 Å². The van der Waals surface area contributed by atoms with Gasteiger partial charge in [0.2, 0.25) is 5.78 Å². The Labute approximate surface area is 118 Å². The summed E-state index contributed by atoms with van der Waals surface area (Å²) in [6.07, 6.45) is 1.62. The van der Waals surface area contributed by atoms with Crippen LogP contribution in [0.15, 0.2) is 42.6 Å². The van der Waals surface area contributed by atoms with Crippen molar-refractivity contribution < 1.29 is 14.3 Å². The third-order valence-electron chi connectivity index (χ3n) is 2.90. The second-order valence-electron chi connectivity index (χ2n) is 4.34. The van der Waals surface area contributed by atoms with E-state index >= 15 is 0 Å². The van der Waals surface area contributed by atoms with Gasteiger partial charge in [-0.3, -0.25) is 9.78 Å². The van der Waals surface area contributed by atoms with Crippen molar-refractivity contribution in [3.05, 3.63) is 59.4 Å². The highest BCUT2D eigenvalue weighted by Crippen LogP contribution is 2.22. The predicted octanol–water partition coefficient (Wildman–Crippen LogP) is 2.65. The molecule has 0 atom stereocenters. The van der Waals surface area contributed by atoms with E-state index in [2.05, 4.69) is 4.98 Å². The number of rotatable bonds is 6. The van der Waals surface area contributed by atoms with Gasteiger partial charge in [-0.15, -0.1) is 0 Å². The lowest BCUT2D eigenvalue weighted by Gasteiger charge is -2.11. The molecule has 1 aromatic heterocycles. The number of pyridine rings is 1. The van der Waals surface area contributed by atoms with Crippen LogP contribution in [0.2, 0.25) is 0 Å². The van der Waals surface area contributed by atoms with Gasteiger partial charge in [-0.2, -0.15) is 0 Å². The summed E-state index contributed by atoms with van der Waals surface area (Å²) >= 11 is 0. The zero-order chi connectivity index (χ0) is 14.4. The molecule has 20 heavy (non-hydrogen) atoms. The molecule has 104 valence electrons. The van der Waals surface area contributed by atoms with Gasteiger partial charge in [-0.25, -0.2) is 0 Å². The van der Waals surface area contributed by atoms with Crippen molar-refractivity contribution in [3.63, 3.8) is 0 Å². The second-order valence-corrected chi connectivity index (χ2v) is 4.34. The number of methoxy groups -OCH3 is 1. The summed E-state index contributed by atoms with van der Waals surface area (Å²) in [5, 5.41) is 0. The minimum Gasteiger partial charge on any atom is -0.490 e. The quantitative estimate of drug-likeness (QED) is 0.598. The molecule has 0 fully saturated rings. The molecule has 1 heterocycles. The SMILES string of the molecule is COCCOc1ccccc1C(=O)c1ncccc1C. The summed E-state index contributed by atoms with van der Waals surface area (Å²) in [6.45, 7) is 2.75. The number of carbonyl (C=O) groups is 1. The highest BCUT2D eigenvalue weighted by molar-refractivity contribution is 6.10. The Kier molecular flexibility index (Phi) is 4.85. The van der Waals surface area contributed by atoms with E-state index in [4.69, 9.17) is 9.47 Å². The topological polar surface area (TPSA) is 48.4 Å². The Morgan fingerprint density at radius 3 is 2.70 bits per heavy atom. The lowest BCUT2D eigenvalue weighted by atomic mass is 10.0. The maximum atomic E-state index is 12.5. The first-order valence-electron chi connectivity index (χ1n) is 6.41. The monoisotopic (exact) mass is 271 g/mol. The van der Waals surface area contributed by atoms with E-state index in [1.54, 1.807) is 25.4 Å². The van der Waals surface area contributed by atoms with Crippen molar-refractivity contribution in [2.45, 2.75) is 6.92 Å². The summed E-state index contributed by atoms with van der Waals surface area (Å²) in [7, 11) is 1.61. The van der Waals surface area contributed by atoms with E-state index < -0.39 is 0 Å². The Morgan fingerprint density at radius 2 is 1.95 bits per heavy atom. The number of aromatic nitrogens is 1. The van der Waals surface area contributed by atoms with Gasteiger partial charge < -0.3 is 9.47 Å². The van der Waals surface area contributed by atoms with Crippen LogP contribution in [0.1, 0.15) is 21.6 Å². The van der Waals surface area contributed by atoms with Crippen molar-refractivity contribution in [1.29, 1.82) is 0 Å². The zero-order valence-corrected chi connectivity index (χ0v) is 11.6. The first kappa shape index (κ1) is 14.2. The number of hydrogen-bond acceptors (Lipinski definition) is 4. The molecule has 4 heteroatoms. The van der Waals surface area contributed by atoms with Gasteiger partial charge in [0.25, 0.3) is 0 Å². The Balaban J connectivity index is 2.28. The summed E-state index contributed by atoms with van der Waals surface area (Å²) in [5.41, 5.74) is 1.82. The average Bonchev–Trinajstić information content (AvgIpc) is 2.48. The van der Waals surface area contributed by atoms with E-state index in [0.717, 1.165) is 5.56 Å². The number of ether oxygens (including phenoxy) is 2. The summed E-state index contributed by atoms with van der Waals surface area (Å²) in [4.78, 5) is 16.7. The number of carbonyl (C=O) groups excluding carboxylic acids is 1. The predicted molar refractivity (Wildman–Crippen MR) is 76.2 cm³/mol. The molecule has 0 aliphatic rings. The fraction of sp³-hybridized carbons (Fsp3) is 0.250. The highest BCUT2D eigenvalue weighted by atomic mass is 16.5. The molecule has 0 saturated heterocycles.